The van der Waals surface area contributed by atoms with Crippen LogP contribution in [0.15, 0.2) is 39.3 Å². The molecule has 0 aliphatic heterocycles. The van der Waals surface area contributed by atoms with Crippen LogP contribution in [0.2, 0.25) is 5.02 Å². The molecule has 2 aromatic rings. The van der Waals surface area contributed by atoms with E-state index in [0.29, 0.717) is 10.8 Å². The summed E-state index contributed by atoms with van der Waals surface area (Å²) in [7, 11) is 0. The SMILES string of the molecule is CCn1c(C=NO)nc(C(C)C)c1Sc1cccc(Cl)c1. The van der Waals surface area contributed by atoms with Gasteiger partial charge in [0.2, 0.25) is 0 Å². The molecule has 0 unspecified atom stereocenters. The van der Waals surface area contributed by atoms with Crippen molar-refractivity contribution in [3.63, 3.8) is 0 Å². The summed E-state index contributed by atoms with van der Waals surface area (Å²) in [4.78, 5) is 5.65. The van der Waals surface area contributed by atoms with Gasteiger partial charge in [0.25, 0.3) is 0 Å². The Labute approximate surface area is 133 Å². The average Bonchev–Trinajstić information content (AvgIpc) is 2.77. The minimum absolute atomic E-state index is 0.283. The molecule has 0 saturated heterocycles. The van der Waals surface area contributed by atoms with E-state index in [9.17, 15) is 0 Å². The summed E-state index contributed by atoms with van der Waals surface area (Å²) >= 11 is 7.68. The lowest BCUT2D eigenvalue weighted by Crippen LogP contribution is -2.02. The molecule has 0 amide bonds. The molecule has 6 heteroatoms. The molecular formula is C15H18ClN3OS. The van der Waals surface area contributed by atoms with Gasteiger partial charge in [0.05, 0.1) is 5.69 Å². The first-order valence-corrected chi connectivity index (χ1v) is 7.97. The predicted molar refractivity (Wildman–Crippen MR) is 86.9 cm³/mol. The fraction of sp³-hybridized carbons (Fsp3) is 0.333. The Kier molecular flexibility index (Phi) is 5.31. The Hall–Kier alpha value is -1.46. The number of oxime groups is 1. The third kappa shape index (κ3) is 3.60. The van der Waals surface area contributed by atoms with Crippen molar-refractivity contribution in [3.05, 3.63) is 40.8 Å². The first-order chi connectivity index (χ1) is 10.1. The van der Waals surface area contributed by atoms with Crippen molar-refractivity contribution < 1.29 is 5.21 Å². The minimum atomic E-state index is 0.283. The summed E-state index contributed by atoms with van der Waals surface area (Å²) in [6.45, 7) is 7.00. The van der Waals surface area contributed by atoms with Gasteiger partial charge in [-0.15, -0.1) is 0 Å². The van der Waals surface area contributed by atoms with Crippen LogP contribution >= 0.6 is 23.4 Å². The maximum absolute atomic E-state index is 8.80. The molecule has 1 N–H and O–H groups in total. The highest BCUT2D eigenvalue weighted by molar-refractivity contribution is 7.99. The van der Waals surface area contributed by atoms with Crippen LogP contribution in [0.4, 0.5) is 0 Å². The molecule has 4 nitrogen and oxygen atoms in total. The molecule has 0 aliphatic carbocycles. The molecule has 0 spiro atoms. The summed E-state index contributed by atoms with van der Waals surface area (Å²) in [5, 5.41) is 13.7. The number of benzene rings is 1. The summed E-state index contributed by atoms with van der Waals surface area (Å²) < 4.78 is 2.04. The van der Waals surface area contributed by atoms with Crippen molar-refractivity contribution in [3.8, 4) is 0 Å². The zero-order chi connectivity index (χ0) is 15.4. The number of rotatable bonds is 5. The van der Waals surface area contributed by atoms with Crippen LogP contribution in [-0.4, -0.2) is 21.0 Å². The van der Waals surface area contributed by atoms with Crippen LogP contribution in [0.25, 0.3) is 0 Å². The van der Waals surface area contributed by atoms with Gasteiger partial charge in [-0.1, -0.05) is 48.4 Å². The molecule has 0 bridgehead atoms. The first-order valence-electron chi connectivity index (χ1n) is 6.78. The van der Waals surface area contributed by atoms with Gasteiger partial charge < -0.3 is 9.77 Å². The molecule has 1 aromatic carbocycles. The highest BCUT2D eigenvalue weighted by Crippen LogP contribution is 2.35. The predicted octanol–water partition coefficient (Wildman–Crippen LogP) is 4.64. The van der Waals surface area contributed by atoms with E-state index >= 15 is 0 Å². The second-order valence-electron chi connectivity index (χ2n) is 4.86. The van der Waals surface area contributed by atoms with Crippen LogP contribution < -0.4 is 0 Å². The Morgan fingerprint density at radius 2 is 2.24 bits per heavy atom. The Morgan fingerprint density at radius 1 is 1.48 bits per heavy atom. The zero-order valence-electron chi connectivity index (χ0n) is 12.2. The first kappa shape index (κ1) is 15.9. The molecule has 0 saturated carbocycles. The lowest BCUT2D eigenvalue weighted by Gasteiger charge is -2.10. The monoisotopic (exact) mass is 323 g/mol. The molecule has 0 aliphatic rings. The molecule has 0 radical (unpaired) electrons. The van der Waals surface area contributed by atoms with E-state index in [0.717, 1.165) is 22.2 Å². The van der Waals surface area contributed by atoms with Crippen molar-refractivity contribution in [2.24, 2.45) is 5.16 Å². The molecule has 2 rings (SSSR count). The fourth-order valence-corrected chi connectivity index (χ4v) is 3.58. The minimum Gasteiger partial charge on any atom is -0.411 e. The summed E-state index contributed by atoms with van der Waals surface area (Å²) in [5.74, 6) is 0.943. The normalized spacial score (nSPS) is 11.7. The molecule has 0 atom stereocenters. The number of aromatic nitrogens is 2. The number of nitrogens with zero attached hydrogens (tertiary/aromatic N) is 3. The highest BCUT2D eigenvalue weighted by atomic mass is 35.5. The Balaban J connectivity index is 2.49. The van der Waals surface area contributed by atoms with Crippen molar-refractivity contribution >= 4 is 29.6 Å². The van der Waals surface area contributed by atoms with Crippen molar-refractivity contribution in [1.82, 2.24) is 9.55 Å². The van der Waals surface area contributed by atoms with Crippen LogP contribution in [0.3, 0.4) is 0 Å². The Bertz CT molecular complexity index is 652. The van der Waals surface area contributed by atoms with Crippen LogP contribution in [-0.2, 0) is 6.54 Å². The van der Waals surface area contributed by atoms with Gasteiger partial charge in [0.15, 0.2) is 5.82 Å². The van der Waals surface area contributed by atoms with E-state index in [2.05, 4.69) is 24.0 Å². The van der Waals surface area contributed by atoms with E-state index in [1.165, 1.54) is 6.21 Å². The van der Waals surface area contributed by atoms with Crippen LogP contribution in [0.1, 0.15) is 38.2 Å². The van der Waals surface area contributed by atoms with Gasteiger partial charge in [-0.2, -0.15) is 0 Å². The standard InChI is InChI=1S/C15H18ClN3OS/c1-4-19-13(9-17-20)18-14(10(2)3)15(19)21-12-7-5-6-11(16)8-12/h5-10,20H,4H2,1-3H3. The number of imidazole rings is 1. The molecule has 112 valence electrons. The highest BCUT2D eigenvalue weighted by Gasteiger charge is 2.19. The topological polar surface area (TPSA) is 50.4 Å². The van der Waals surface area contributed by atoms with E-state index in [1.807, 2.05) is 35.8 Å². The number of hydrogen-bond acceptors (Lipinski definition) is 4. The van der Waals surface area contributed by atoms with Crippen molar-refractivity contribution in [1.29, 1.82) is 0 Å². The van der Waals surface area contributed by atoms with E-state index in [1.54, 1.807) is 11.8 Å². The molecular weight excluding hydrogens is 306 g/mol. The summed E-state index contributed by atoms with van der Waals surface area (Å²) in [5.41, 5.74) is 0.997. The lowest BCUT2D eigenvalue weighted by molar-refractivity contribution is 0.321. The van der Waals surface area contributed by atoms with E-state index < -0.39 is 0 Å². The largest absolute Gasteiger partial charge is 0.411 e. The summed E-state index contributed by atoms with van der Waals surface area (Å²) in [6, 6.07) is 7.75. The zero-order valence-corrected chi connectivity index (χ0v) is 13.8. The van der Waals surface area contributed by atoms with E-state index in [4.69, 9.17) is 16.8 Å². The second kappa shape index (κ2) is 7.00. The molecule has 1 heterocycles. The van der Waals surface area contributed by atoms with Crippen LogP contribution in [0.5, 0.6) is 0 Å². The van der Waals surface area contributed by atoms with Gasteiger partial charge in [-0.05, 0) is 31.0 Å². The molecule has 1 aromatic heterocycles. The third-order valence-corrected chi connectivity index (χ3v) is 4.37. The van der Waals surface area contributed by atoms with Gasteiger partial charge in [-0.25, -0.2) is 4.98 Å². The molecule has 21 heavy (non-hydrogen) atoms. The van der Waals surface area contributed by atoms with Gasteiger partial charge in [0.1, 0.15) is 11.2 Å². The smallest absolute Gasteiger partial charge is 0.155 e. The third-order valence-electron chi connectivity index (χ3n) is 3.02. The maximum Gasteiger partial charge on any atom is 0.155 e. The van der Waals surface area contributed by atoms with Gasteiger partial charge in [-0.3, -0.25) is 0 Å². The Morgan fingerprint density at radius 3 is 2.81 bits per heavy atom. The summed E-state index contributed by atoms with van der Waals surface area (Å²) in [6.07, 6.45) is 1.37. The van der Waals surface area contributed by atoms with Crippen molar-refractivity contribution in [2.45, 2.75) is 43.2 Å². The van der Waals surface area contributed by atoms with Crippen LogP contribution in [0, 0.1) is 0 Å². The quantitative estimate of drug-likeness (QED) is 0.495. The lowest BCUT2D eigenvalue weighted by atomic mass is 10.1. The van der Waals surface area contributed by atoms with Crippen molar-refractivity contribution in [2.75, 3.05) is 0 Å². The fourth-order valence-electron chi connectivity index (χ4n) is 2.06. The van der Waals surface area contributed by atoms with Gasteiger partial charge >= 0.3 is 0 Å². The maximum atomic E-state index is 8.80. The second-order valence-corrected chi connectivity index (χ2v) is 6.36. The average molecular weight is 324 g/mol. The number of hydrogen-bond donors (Lipinski definition) is 1. The van der Waals surface area contributed by atoms with Gasteiger partial charge in [0, 0.05) is 16.5 Å². The molecule has 0 fully saturated rings. The van der Waals surface area contributed by atoms with E-state index in [-0.39, 0.29) is 5.92 Å². The number of halogens is 1.